The van der Waals surface area contributed by atoms with Crippen LogP contribution in [0.25, 0.3) is 0 Å². The number of rotatable bonds is 10. The lowest BCUT2D eigenvalue weighted by Crippen LogP contribution is -2.06. The Kier molecular flexibility index (Phi) is 8.31. The van der Waals surface area contributed by atoms with Crippen molar-refractivity contribution < 1.29 is 9.47 Å². The molecule has 0 aromatic heterocycles. The summed E-state index contributed by atoms with van der Waals surface area (Å²) in [5, 5.41) is 0. The molecule has 1 unspecified atom stereocenters. The second-order valence-corrected chi connectivity index (χ2v) is 5.33. The van der Waals surface area contributed by atoms with Crippen molar-refractivity contribution in [2.75, 3.05) is 13.7 Å². The van der Waals surface area contributed by atoms with E-state index >= 15 is 0 Å². The van der Waals surface area contributed by atoms with Crippen LogP contribution in [0.5, 0.6) is 5.75 Å². The highest BCUT2D eigenvalue weighted by atomic mass is 16.5. The van der Waals surface area contributed by atoms with E-state index in [2.05, 4.69) is 13.0 Å². The maximum absolute atomic E-state index is 5.92. The Labute approximate surface area is 123 Å². The van der Waals surface area contributed by atoms with Crippen molar-refractivity contribution in [1.82, 2.24) is 0 Å². The van der Waals surface area contributed by atoms with Gasteiger partial charge < -0.3 is 15.2 Å². The van der Waals surface area contributed by atoms with Crippen molar-refractivity contribution in [2.24, 2.45) is 5.73 Å². The molecule has 0 amide bonds. The molecule has 2 N–H and O–H groups in total. The van der Waals surface area contributed by atoms with Gasteiger partial charge in [-0.25, -0.2) is 0 Å². The van der Waals surface area contributed by atoms with E-state index in [9.17, 15) is 0 Å². The van der Waals surface area contributed by atoms with Crippen LogP contribution in [0.15, 0.2) is 18.2 Å². The Bertz CT molecular complexity index is 377. The molecule has 0 saturated heterocycles. The third-order valence-electron chi connectivity index (χ3n) is 3.48. The molecule has 0 fully saturated rings. The summed E-state index contributed by atoms with van der Waals surface area (Å²) in [4.78, 5) is 0. The van der Waals surface area contributed by atoms with Gasteiger partial charge in [-0.3, -0.25) is 0 Å². The molecule has 1 rings (SSSR count). The van der Waals surface area contributed by atoms with Gasteiger partial charge in [0.25, 0.3) is 0 Å². The summed E-state index contributed by atoms with van der Waals surface area (Å²) in [5.41, 5.74) is 8.11. The number of benzene rings is 1. The maximum atomic E-state index is 5.92. The number of nitrogens with two attached hydrogens (primary N) is 1. The summed E-state index contributed by atoms with van der Waals surface area (Å²) in [5.74, 6) is 0.875. The van der Waals surface area contributed by atoms with Gasteiger partial charge in [0.2, 0.25) is 0 Å². The summed E-state index contributed by atoms with van der Waals surface area (Å²) in [7, 11) is 1.69. The zero-order valence-corrected chi connectivity index (χ0v) is 13.2. The molecule has 0 aliphatic heterocycles. The molecule has 0 aliphatic carbocycles. The molecule has 3 nitrogen and oxygen atoms in total. The van der Waals surface area contributed by atoms with Crippen LogP contribution >= 0.6 is 0 Å². The fraction of sp³-hybridized carbons (Fsp3) is 0.647. The van der Waals surface area contributed by atoms with Crippen molar-refractivity contribution in [3.63, 3.8) is 0 Å². The predicted molar refractivity (Wildman–Crippen MR) is 84.0 cm³/mol. The summed E-state index contributed by atoms with van der Waals surface area (Å²) < 4.78 is 11.1. The van der Waals surface area contributed by atoms with Crippen molar-refractivity contribution in [1.29, 1.82) is 0 Å². The molecular weight excluding hydrogens is 250 g/mol. The van der Waals surface area contributed by atoms with E-state index in [1.165, 1.54) is 25.7 Å². The van der Waals surface area contributed by atoms with Crippen LogP contribution in [0, 0.1) is 0 Å². The van der Waals surface area contributed by atoms with E-state index in [-0.39, 0.29) is 6.04 Å². The van der Waals surface area contributed by atoms with E-state index in [1.807, 2.05) is 19.1 Å². The molecule has 1 atom stereocenters. The second kappa shape index (κ2) is 9.78. The highest BCUT2D eigenvalue weighted by Gasteiger charge is 2.07. The Hall–Kier alpha value is -1.06. The smallest absolute Gasteiger partial charge is 0.124 e. The molecule has 0 radical (unpaired) electrons. The van der Waals surface area contributed by atoms with Crippen LogP contribution < -0.4 is 10.5 Å². The first-order chi connectivity index (χ1) is 9.69. The minimum Gasteiger partial charge on any atom is -0.496 e. The lowest BCUT2D eigenvalue weighted by molar-refractivity contribution is 0.115. The van der Waals surface area contributed by atoms with Crippen molar-refractivity contribution >= 4 is 0 Å². The Morgan fingerprint density at radius 1 is 1.15 bits per heavy atom. The molecule has 0 heterocycles. The summed E-state index contributed by atoms with van der Waals surface area (Å²) >= 11 is 0. The number of methoxy groups -OCH3 is 1. The average Bonchev–Trinajstić information content (AvgIpc) is 2.46. The van der Waals surface area contributed by atoms with Gasteiger partial charge in [-0.05, 0) is 31.0 Å². The lowest BCUT2D eigenvalue weighted by Gasteiger charge is -2.13. The van der Waals surface area contributed by atoms with Crippen LogP contribution in [0.1, 0.15) is 63.1 Å². The molecular formula is C17H29NO2. The monoisotopic (exact) mass is 279 g/mol. The molecule has 0 bridgehead atoms. The zero-order chi connectivity index (χ0) is 14.8. The summed E-state index contributed by atoms with van der Waals surface area (Å²) in [6, 6.07) is 6.10. The number of unbranched alkanes of at least 4 members (excludes halogenated alkanes) is 4. The van der Waals surface area contributed by atoms with Crippen LogP contribution in [-0.2, 0) is 11.3 Å². The minimum atomic E-state index is 0.0358. The predicted octanol–water partition coefficient (Wildman–Crippen LogP) is 4.20. The molecule has 3 heteroatoms. The van der Waals surface area contributed by atoms with Gasteiger partial charge in [0.15, 0.2) is 0 Å². The highest BCUT2D eigenvalue weighted by molar-refractivity contribution is 5.37. The van der Waals surface area contributed by atoms with Crippen molar-refractivity contribution in [3.8, 4) is 5.75 Å². The quantitative estimate of drug-likeness (QED) is 0.653. The Morgan fingerprint density at radius 2 is 1.90 bits per heavy atom. The maximum Gasteiger partial charge on any atom is 0.124 e. The van der Waals surface area contributed by atoms with E-state index in [0.29, 0.717) is 6.61 Å². The van der Waals surface area contributed by atoms with Gasteiger partial charge >= 0.3 is 0 Å². The van der Waals surface area contributed by atoms with Gasteiger partial charge in [0.05, 0.1) is 13.7 Å². The fourth-order valence-electron chi connectivity index (χ4n) is 2.18. The Balaban J connectivity index is 2.39. The topological polar surface area (TPSA) is 44.5 Å². The van der Waals surface area contributed by atoms with E-state index in [4.69, 9.17) is 15.2 Å². The van der Waals surface area contributed by atoms with Gasteiger partial charge in [0.1, 0.15) is 5.75 Å². The summed E-state index contributed by atoms with van der Waals surface area (Å²) in [6.45, 7) is 5.63. The van der Waals surface area contributed by atoms with Crippen LogP contribution in [0.2, 0.25) is 0 Å². The largest absolute Gasteiger partial charge is 0.496 e. The third kappa shape index (κ3) is 5.93. The normalized spacial score (nSPS) is 12.4. The van der Waals surface area contributed by atoms with Gasteiger partial charge in [-0.1, -0.05) is 38.7 Å². The van der Waals surface area contributed by atoms with Gasteiger partial charge in [0, 0.05) is 18.2 Å². The first-order valence-electron chi connectivity index (χ1n) is 7.69. The standard InChI is InChI=1S/C17H29NO2/c1-4-5-6-7-8-11-20-13-16-12-15(14(2)18)9-10-17(16)19-3/h9-10,12,14H,4-8,11,13,18H2,1-3H3. The zero-order valence-electron chi connectivity index (χ0n) is 13.2. The minimum absolute atomic E-state index is 0.0358. The second-order valence-electron chi connectivity index (χ2n) is 5.33. The van der Waals surface area contributed by atoms with Gasteiger partial charge in [-0.15, -0.1) is 0 Å². The molecule has 1 aromatic rings. The van der Waals surface area contributed by atoms with Crippen molar-refractivity contribution in [3.05, 3.63) is 29.3 Å². The number of hydrogen-bond donors (Lipinski definition) is 1. The van der Waals surface area contributed by atoms with E-state index in [1.54, 1.807) is 7.11 Å². The van der Waals surface area contributed by atoms with Gasteiger partial charge in [-0.2, -0.15) is 0 Å². The summed E-state index contributed by atoms with van der Waals surface area (Å²) in [6.07, 6.45) is 6.30. The Morgan fingerprint density at radius 3 is 2.55 bits per heavy atom. The lowest BCUT2D eigenvalue weighted by atomic mass is 10.1. The van der Waals surface area contributed by atoms with Crippen LogP contribution in [0.3, 0.4) is 0 Å². The first kappa shape index (κ1) is 17.0. The van der Waals surface area contributed by atoms with Crippen LogP contribution in [-0.4, -0.2) is 13.7 Å². The molecule has 114 valence electrons. The molecule has 0 aliphatic rings. The highest BCUT2D eigenvalue weighted by Crippen LogP contribution is 2.23. The van der Waals surface area contributed by atoms with E-state index < -0.39 is 0 Å². The molecule has 0 saturated carbocycles. The van der Waals surface area contributed by atoms with Crippen LogP contribution in [0.4, 0.5) is 0 Å². The number of hydrogen-bond acceptors (Lipinski definition) is 3. The molecule has 1 aromatic carbocycles. The fourth-order valence-corrected chi connectivity index (χ4v) is 2.18. The number of ether oxygens (including phenoxy) is 2. The first-order valence-corrected chi connectivity index (χ1v) is 7.69. The molecule has 0 spiro atoms. The molecule has 20 heavy (non-hydrogen) atoms. The third-order valence-corrected chi connectivity index (χ3v) is 3.48. The SMILES string of the molecule is CCCCCCCOCc1cc(C(C)N)ccc1OC. The van der Waals surface area contributed by atoms with Crippen molar-refractivity contribution in [2.45, 2.75) is 58.6 Å². The average molecular weight is 279 g/mol. The van der Waals surface area contributed by atoms with E-state index in [0.717, 1.165) is 29.9 Å².